The van der Waals surface area contributed by atoms with Crippen molar-refractivity contribution in [2.24, 2.45) is 0 Å². The standard InChI is InChI=1S/C22H22N4O2S2/c1-14-12-15(8-9-16(14)24-19(27)13-28-2)26-21(18-7-5-11-30-18)20(25-22(26)29)17-6-3-4-10-23-17/h3-12,20-21H,13H2,1-2H3,(H,24,27)(H,25,29)/t20-,21-/m0/s1. The number of aromatic nitrogens is 1. The molecule has 1 aromatic carbocycles. The Balaban J connectivity index is 1.69. The average Bonchev–Trinajstić information content (AvgIpc) is 3.38. The minimum absolute atomic E-state index is 0.0132. The lowest BCUT2D eigenvalue weighted by Gasteiger charge is -2.27. The zero-order valence-corrected chi connectivity index (χ0v) is 18.3. The molecule has 30 heavy (non-hydrogen) atoms. The van der Waals surface area contributed by atoms with Crippen molar-refractivity contribution >= 4 is 45.9 Å². The Kier molecular flexibility index (Phi) is 6.08. The first-order valence-corrected chi connectivity index (χ1v) is 10.8. The lowest BCUT2D eigenvalue weighted by atomic mass is 10.0. The number of thiophene rings is 1. The number of ether oxygens (including phenoxy) is 1. The second-order valence-corrected chi connectivity index (χ2v) is 8.36. The molecule has 0 aliphatic carbocycles. The molecule has 3 aromatic rings. The number of aryl methyl sites for hydroxylation is 1. The van der Waals surface area contributed by atoms with Crippen LogP contribution in [0.15, 0.2) is 60.1 Å². The highest BCUT2D eigenvalue weighted by Gasteiger charge is 2.41. The van der Waals surface area contributed by atoms with Gasteiger partial charge in [0.1, 0.15) is 6.61 Å². The molecule has 8 heteroatoms. The number of hydrogen-bond donors (Lipinski definition) is 2. The van der Waals surface area contributed by atoms with E-state index in [-0.39, 0.29) is 24.6 Å². The molecule has 2 aromatic heterocycles. The van der Waals surface area contributed by atoms with Gasteiger partial charge in [-0.3, -0.25) is 9.78 Å². The Bertz CT molecular complexity index is 1040. The molecular formula is C22H22N4O2S2. The van der Waals surface area contributed by atoms with Crippen molar-refractivity contribution in [3.8, 4) is 0 Å². The number of pyridine rings is 1. The van der Waals surface area contributed by atoms with Gasteiger partial charge in [0.15, 0.2) is 5.11 Å². The predicted molar refractivity (Wildman–Crippen MR) is 124 cm³/mol. The fourth-order valence-electron chi connectivity index (χ4n) is 3.64. The van der Waals surface area contributed by atoms with E-state index in [0.29, 0.717) is 5.11 Å². The number of hydrogen-bond acceptors (Lipinski definition) is 5. The number of benzene rings is 1. The van der Waals surface area contributed by atoms with E-state index in [4.69, 9.17) is 17.0 Å². The summed E-state index contributed by atoms with van der Waals surface area (Å²) in [4.78, 5) is 19.8. The van der Waals surface area contributed by atoms with E-state index >= 15 is 0 Å². The van der Waals surface area contributed by atoms with Gasteiger partial charge in [0.05, 0.1) is 17.8 Å². The molecule has 6 nitrogen and oxygen atoms in total. The van der Waals surface area contributed by atoms with Crippen molar-refractivity contribution in [2.75, 3.05) is 23.9 Å². The molecule has 2 atom stereocenters. The zero-order chi connectivity index (χ0) is 21.1. The van der Waals surface area contributed by atoms with E-state index in [9.17, 15) is 4.79 Å². The van der Waals surface area contributed by atoms with Gasteiger partial charge in [-0.2, -0.15) is 0 Å². The largest absolute Gasteiger partial charge is 0.375 e. The number of methoxy groups -OCH3 is 1. The molecule has 0 unspecified atom stereocenters. The number of amides is 1. The molecule has 1 aliphatic heterocycles. The third-order valence-corrected chi connectivity index (χ3v) is 6.23. The number of anilines is 2. The Hall–Kier alpha value is -2.81. The second-order valence-electron chi connectivity index (χ2n) is 6.99. The van der Waals surface area contributed by atoms with Gasteiger partial charge < -0.3 is 20.3 Å². The lowest BCUT2D eigenvalue weighted by Crippen LogP contribution is -2.29. The first-order valence-electron chi connectivity index (χ1n) is 9.52. The summed E-state index contributed by atoms with van der Waals surface area (Å²) in [6.45, 7) is 1.99. The SMILES string of the molecule is COCC(=O)Nc1ccc(N2C(=S)N[C@@H](c3ccccn3)[C@@H]2c2cccs2)cc1C. The molecule has 1 fully saturated rings. The van der Waals surface area contributed by atoms with Crippen molar-refractivity contribution in [3.05, 3.63) is 76.2 Å². The summed E-state index contributed by atoms with van der Waals surface area (Å²) in [7, 11) is 1.50. The molecule has 1 saturated heterocycles. The zero-order valence-electron chi connectivity index (χ0n) is 16.7. The van der Waals surface area contributed by atoms with Crippen LogP contribution in [0.2, 0.25) is 0 Å². The van der Waals surface area contributed by atoms with Gasteiger partial charge in [-0.1, -0.05) is 12.1 Å². The molecule has 0 radical (unpaired) electrons. The van der Waals surface area contributed by atoms with Crippen LogP contribution in [-0.4, -0.2) is 29.7 Å². The fraction of sp³-hybridized carbons (Fsp3) is 0.227. The van der Waals surface area contributed by atoms with Gasteiger partial charge in [-0.05, 0) is 66.5 Å². The minimum atomic E-state index is -0.182. The van der Waals surface area contributed by atoms with Crippen molar-refractivity contribution in [3.63, 3.8) is 0 Å². The van der Waals surface area contributed by atoms with E-state index < -0.39 is 0 Å². The summed E-state index contributed by atoms with van der Waals surface area (Å²) < 4.78 is 4.89. The van der Waals surface area contributed by atoms with Gasteiger partial charge in [0, 0.05) is 29.6 Å². The number of rotatable bonds is 6. The van der Waals surface area contributed by atoms with Crippen molar-refractivity contribution in [1.29, 1.82) is 0 Å². The van der Waals surface area contributed by atoms with E-state index in [2.05, 4.69) is 38.0 Å². The molecule has 0 spiro atoms. The monoisotopic (exact) mass is 438 g/mol. The first kappa shape index (κ1) is 20.5. The molecule has 1 amide bonds. The maximum absolute atomic E-state index is 11.9. The minimum Gasteiger partial charge on any atom is -0.375 e. The van der Waals surface area contributed by atoms with E-state index in [0.717, 1.165) is 22.6 Å². The molecule has 154 valence electrons. The maximum Gasteiger partial charge on any atom is 0.250 e. The van der Waals surface area contributed by atoms with Gasteiger partial charge in [0.25, 0.3) is 0 Å². The summed E-state index contributed by atoms with van der Waals surface area (Å²) in [6, 6.07) is 15.9. The third kappa shape index (κ3) is 4.07. The van der Waals surface area contributed by atoms with Crippen LogP contribution in [0.5, 0.6) is 0 Å². The van der Waals surface area contributed by atoms with Gasteiger partial charge in [0.2, 0.25) is 5.91 Å². The van der Waals surface area contributed by atoms with E-state index in [1.807, 2.05) is 43.3 Å². The van der Waals surface area contributed by atoms with Crippen molar-refractivity contribution in [1.82, 2.24) is 10.3 Å². The summed E-state index contributed by atoms with van der Waals surface area (Å²) >= 11 is 7.44. The fourth-order valence-corrected chi connectivity index (χ4v) is 4.84. The predicted octanol–water partition coefficient (Wildman–Crippen LogP) is 4.21. The first-order chi connectivity index (χ1) is 14.6. The van der Waals surface area contributed by atoms with Crippen LogP contribution >= 0.6 is 23.6 Å². The highest BCUT2D eigenvalue weighted by Crippen LogP contribution is 2.43. The van der Waals surface area contributed by atoms with Crippen LogP contribution in [-0.2, 0) is 9.53 Å². The average molecular weight is 439 g/mol. The van der Waals surface area contributed by atoms with Crippen LogP contribution < -0.4 is 15.5 Å². The van der Waals surface area contributed by atoms with Gasteiger partial charge >= 0.3 is 0 Å². The van der Waals surface area contributed by atoms with Crippen LogP contribution in [0, 0.1) is 6.92 Å². The molecule has 4 rings (SSSR count). The number of nitrogens with one attached hydrogen (secondary N) is 2. The van der Waals surface area contributed by atoms with Crippen LogP contribution in [0.25, 0.3) is 0 Å². The second kappa shape index (κ2) is 8.91. The number of carbonyl (C=O) groups excluding carboxylic acids is 1. The third-order valence-electron chi connectivity index (χ3n) is 4.97. The summed E-state index contributed by atoms with van der Waals surface area (Å²) in [5.41, 5.74) is 3.62. The normalized spacial score (nSPS) is 18.3. The van der Waals surface area contributed by atoms with E-state index in [1.165, 1.54) is 12.0 Å². The number of carbonyl (C=O) groups is 1. The van der Waals surface area contributed by atoms with Crippen molar-refractivity contribution < 1.29 is 9.53 Å². The Labute approximate surface area is 184 Å². The lowest BCUT2D eigenvalue weighted by molar-refractivity contribution is -0.119. The Morgan fingerprint density at radius 3 is 2.83 bits per heavy atom. The molecule has 2 N–H and O–H groups in total. The number of thiocarbonyl (C=S) groups is 1. The highest BCUT2D eigenvalue weighted by atomic mass is 32.1. The molecule has 3 heterocycles. The Morgan fingerprint density at radius 2 is 2.17 bits per heavy atom. The smallest absolute Gasteiger partial charge is 0.250 e. The molecule has 0 saturated carbocycles. The van der Waals surface area contributed by atoms with Gasteiger partial charge in [-0.15, -0.1) is 11.3 Å². The summed E-state index contributed by atoms with van der Waals surface area (Å²) in [6.07, 6.45) is 1.80. The summed E-state index contributed by atoms with van der Waals surface area (Å²) in [5.74, 6) is -0.182. The molecule has 0 bridgehead atoms. The summed E-state index contributed by atoms with van der Waals surface area (Å²) in [5, 5.41) is 9.06. The van der Waals surface area contributed by atoms with E-state index in [1.54, 1.807) is 17.5 Å². The molecular weight excluding hydrogens is 416 g/mol. The Morgan fingerprint density at radius 1 is 1.30 bits per heavy atom. The molecule has 1 aliphatic rings. The van der Waals surface area contributed by atoms with Crippen LogP contribution in [0.1, 0.15) is 28.2 Å². The van der Waals surface area contributed by atoms with Crippen LogP contribution in [0.4, 0.5) is 11.4 Å². The van der Waals surface area contributed by atoms with Crippen LogP contribution in [0.3, 0.4) is 0 Å². The highest BCUT2D eigenvalue weighted by molar-refractivity contribution is 7.80. The number of nitrogens with zero attached hydrogens (tertiary/aromatic N) is 2. The van der Waals surface area contributed by atoms with Crippen molar-refractivity contribution in [2.45, 2.75) is 19.0 Å². The topological polar surface area (TPSA) is 66.5 Å². The maximum atomic E-state index is 11.9. The quantitative estimate of drug-likeness (QED) is 0.562. The van der Waals surface area contributed by atoms with Gasteiger partial charge in [-0.25, -0.2) is 0 Å².